The summed E-state index contributed by atoms with van der Waals surface area (Å²) >= 11 is 11.1. The highest BCUT2D eigenvalue weighted by Gasteiger charge is 2.24. The number of carbonyl (C=O) groups is 1. The van der Waals surface area contributed by atoms with Crippen LogP contribution in [0.15, 0.2) is 41.3 Å². The van der Waals surface area contributed by atoms with E-state index in [1.54, 1.807) is 18.3 Å². The van der Waals surface area contributed by atoms with E-state index in [0.717, 1.165) is 18.5 Å². The van der Waals surface area contributed by atoms with Gasteiger partial charge in [0.15, 0.2) is 5.11 Å². The molecule has 0 aromatic carbocycles. The SMILES string of the molecule is O=C(c1ccoc1)N1CCC(NC(=S)Nc2ccc(Cl)nc2)CC1. The van der Waals surface area contributed by atoms with Crippen molar-refractivity contribution in [3.05, 3.63) is 47.6 Å². The zero-order chi connectivity index (χ0) is 16.9. The molecular weight excluding hydrogens is 348 g/mol. The number of aromatic nitrogens is 1. The number of likely N-dealkylation sites (tertiary alicyclic amines) is 1. The van der Waals surface area contributed by atoms with Crippen LogP contribution in [0.2, 0.25) is 5.15 Å². The number of hydrogen-bond acceptors (Lipinski definition) is 4. The minimum absolute atomic E-state index is 0.00939. The largest absolute Gasteiger partial charge is 0.472 e. The van der Waals surface area contributed by atoms with Gasteiger partial charge in [-0.3, -0.25) is 4.79 Å². The molecule has 0 atom stereocenters. The fraction of sp³-hybridized carbons (Fsp3) is 0.312. The Morgan fingerprint density at radius 2 is 2.12 bits per heavy atom. The lowest BCUT2D eigenvalue weighted by Crippen LogP contribution is -2.47. The van der Waals surface area contributed by atoms with Gasteiger partial charge in [0.1, 0.15) is 11.4 Å². The Labute approximate surface area is 150 Å². The number of nitrogens with zero attached hydrogens (tertiary/aromatic N) is 2. The molecule has 2 N–H and O–H groups in total. The van der Waals surface area contributed by atoms with Crippen LogP contribution in [-0.4, -0.2) is 40.0 Å². The highest BCUT2D eigenvalue weighted by Crippen LogP contribution is 2.15. The fourth-order valence-corrected chi connectivity index (χ4v) is 2.99. The molecule has 0 radical (unpaired) electrons. The van der Waals surface area contributed by atoms with Crippen molar-refractivity contribution < 1.29 is 9.21 Å². The van der Waals surface area contributed by atoms with E-state index < -0.39 is 0 Å². The molecule has 1 amide bonds. The molecule has 1 fully saturated rings. The zero-order valence-corrected chi connectivity index (χ0v) is 14.4. The number of amides is 1. The van der Waals surface area contributed by atoms with Crippen molar-refractivity contribution >= 4 is 40.5 Å². The molecule has 0 spiro atoms. The number of furan rings is 1. The van der Waals surface area contributed by atoms with Gasteiger partial charge in [0.05, 0.1) is 23.7 Å². The van der Waals surface area contributed by atoms with Gasteiger partial charge in [-0.05, 0) is 43.3 Å². The lowest BCUT2D eigenvalue weighted by Gasteiger charge is -2.32. The predicted octanol–water partition coefficient (Wildman–Crippen LogP) is 2.92. The van der Waals surface area contributed by atoms with E-state index in [4.69, 9.17) is 28.2 Å². The summed E-state index contributed by atoms with van der Waals surface area (Å²) in [4.78, 5) is 18.1. The molecule has 3 heterocycles. The third-order valence-electron chi connectivity index (χ3n) is 3.87. The molecule has 3 rings (SSSR count). The van der Waals surface area contributed by atoms with Crippen molar-refractivity contribution in [1.29, 1.82) is 0 Å². The number of halogens is 1. The maximum Gasteiger partial charge on any atom is 0.257 e. The number of carbonyl (C=O) groups excluding carboxylic acids is 1. The van der Waals surface area contributed by atoms with E-state index in [-0.39, 0.29) is 11.9 Å². The zero-order valence-electron chi connectivity index (χ0n) is 12.9. The molecule has 6 nitrogen and oxygen atoms in total. The monoisotopic (exact) mass is 364 g/mol. The molecule has 8 heteroatoms. The van der Waals surface area contributed by atoms with Crippen LogP contribution in [0.25, 0.3) is 0 Å². The van der Waals surface area contributed by atoms with Gasteiger partial charge in [0.2, 0.25) is 0 Å². The van der Waals surface area contributed by atoms with Crippen molar-refractivity contribution in [3.63, 3.8) is 0 Å². The van der Waals surface area contributed by atoms with Gasteiger partial charge in [-0.2, -0.15) is 0 Å². The number of hydrogen-bond donors (Lipinski definition) is 2. The number of thiocarbonyl (C=S) groups is 1. The highest BCUT2D eigenvalue weighted by molar-refractivity contribution is 7.80. The number of anilines is 1. The second-order valence-electron chi connectivity index (χ2n) is 5.55. The number of pyridine rings is 1. The second kappa shape index (κ2) is 7.63. The maximum absolute atomic E-state index is 12.2. The first kappa shape index (κ1) is 16.7. The van der Waals surface area contributed by atoms with Gasteiger partial charge >= 0.3 is 0 Å². The minimum atomic E-state index is 0.00939. The Balaban J connectivity index is 1.46. The van der Waals surface area contributed by atoms with Crippen LogP contribution in [0, 0.1) is 0 Å². The molecule has 0 unspecified atom stereocenters. The van der Waals surface area contributed by atoms with Crippen LogP contribution in [0.3, 0.4) is 0 Å². The average Bonchev–Trinajstić information content (AvgIpc) is 3.11. The van der Waals surface area contributed by atoms with Crippen LogP contribution >= 0.6 is 23.8 Å². The van der Waals surface area contributed by atoms with Crippen molar-refractivity contribution in [2.24, 2.45) is 0 Å². The first-order valence-electron chi connectivity index (χ1n) is 7.62. The molecular formula is C16H17ClN4O2S. The Hall–Kier alpha value is -2.12. The average molecular weight is 365 g/mol. The van der Waals surface area contributed by atoms with E-state index in [0.29, 0.717) is 28.9 Å². The summed E-state index contributed by atoms with van der Waals surface area (Å²) in [6.07, 6.45) is 6.29. The van der Waals surface area contributed by atoms with Crippen molar-refractivity contribution in [3.8, 4) is 0 Å². The van der Waals surface area contributed by atoms with Crippen molar-refractivity contribution in [1.82, 2.24) is 15.2 Å². The van der Waals surface area contributed by atoms with Crippen LogP contribution in [-0.2, 0) is 0 Å². The minimum Gasteiger partial charge on any atom is -0.472 e. The van der Waals surface area contributed by atoms with Gasteiger partial charge in [-0.15, -0.1) is 0 Å². The molecule has 0 aliphatic carbocycles. The molecule has 1 aliphatic rings. The normalized spacial score (nSPS) is 15.1. The fourth-order valence-electron chi connectivity index (χ4n) is 2.60. The highest BCUT2D eigenvalue weighted by atomic mass is 35.5. The molecule has 0 bridgehead atoms. The molecule has 2 aromatic rings. The quantitative estimate of drug-likeness (QED) is 0.644. The summed E-state index contributed by atoms with van der Waals surface area (Å²) in [5.74, 6) is 0.00939. The second-order valence-corrected chi connectivity index (χ2v) is 6.34. The third kappa shape index (κ3) is 4.24. The van der Waals surface area contributed by atoms with E-state index in [9.17, 15) is 4.79 Å². The van der Waals surface area contributed by atoms with Crippen molar-refractivity contribution in [2.75, 3.05) is 18.4 Å². The third-order valence-corrected chi connectivity index (χ3v) is 4.31. The Morgan fingerprint density at radius 3 is 2.75 bits per heavy atom. The Morgan fingerprint density at radius 1 is 1.33 bits per heavy atom. The summed E-state index contributed by atoms with van der Waals surface area (Å²) in [5, 5.41) is 7.34. The number of nitrogens with one attached hydrogen (secondary N) is 2. The molecule has 1 saturated heterocycles. The molecule has 0 saturated carbocycles. The smallest absolute Gasteiger partial charge is 0.257 e. The predicted molar refractivity (Wildman–Crippen MR) is 96.2 cm³/mol. The number of piperidine rings is 1. The van der Waals surface area contributed by atoms with Gasteiger partial charge in [-0.25, -0.2) is 4.98 Å². The maximum atomic E-state index is 12.2. The molecule has 2 aromatic heterocycles. The molecule has 1 aliphatic heterocycles. The van der Waals surface area contributed by atoms with Crippen LogP contribution in [0.5, 0.6) is 0 Å². The van der Waals surface area contributed by atoms with Crippen LogP contribution in [0.1, 0.15) is 23.2 Å². The van der Waals surface area contributed by atoms with E-state index >= 15 is 0 Å². The summed E-state index contributed by atoms with van der Waals surface area (Å²) in [7, 11) is 0. The topological polar surface area (TPSA) is 70.4 Å². The summed E-state index contributed by atoms with van der Waals surface area (Å²) in [6, 6.07) is 5.44. The van der Waals surface area contributed by atoms with Gasteiger partial charge in [-0.1, -0.05) is 11.6 Å². The van der Waals surface area contributed by atoms with Gasteiger partial charge < -0.3 is 20.0 Å². The first-order valence-corrected chi connectivity index (χ1v) is 8.41. The van der Waals surface area contributed by atoms with Gasteiger partial charge in [0.25, 0.3) is 5.91 Å². The first-order chi connectivity index (χ1) is 11.6. The Bertz CT molecular complexity index is 697. The number of rotatable bonds is 3. The van der Waals surface area contributed by atoms with Gasteiger partial charge in [0, 0.05) is 19.1 Å². The lowest BCUT2D eigenvalue weighted by molar-refractivity contribution is 0.0709. The molecule has 126 valence electrons. The standard InChI is InChI=1S/C16H17ClN4O2S/c17-14-2-1-13(9-18-14)20-16(24)19-12-3-6-21(7-4-12)15(22)11-5-8-23-10-11/h1-2,5,8-10,12H,3-4,6-7H2,(H2,19,20,24). The summed E-state index contributed by atoms with van der Waals surface area (Å²) in [5.41, 5.74) is 1.37. The van der Waals surface area contributed by atoms with Crippen LogP contribution < -0.4 is 10.6 Å². The van der Waals surface area contributed by atoms with E-state index in [2.05, 4.69) is 15.6 Å². The summed E-state index contributed by atoms with van der Waals surface area (Å²) < 4.78 is 4.97. The van der Waals surface area contributed by atoms with E-state index in [1.807, 2.05) is 11.0 Å². The van der Waals surface area contributed by atoms with Crippen molar-refractivity contribution in [2.45, 2.75) is 18.9 Å². The molecule has 24 heavy (non-hydrogen) atoms. The van der Waals surface area contributed by atoms with Crippen LogP contribution in [0.4, 0.5) is 5.69 Å². The summed E-state index contributed by atoms with van der Waals surface area (Å²) in [6.45, 7) is 1.37. The lowest BCUT2D eigenvalue weighted by atomic mass is 10.0. The Kier molecular flexibility index (Phi) is 5.32. The van der Waals surface area contributed by atoms with E-state index in [1.165, 1.54) is 12.5 Å².